The first-order valence-corrected chi connectivity index (χ1v) is 10.7. The number of nitrogens with zero attached hydrogens (tertiary/aromatic N) is 7. The lowest BCUT2D eigenvalue weighted by molar-refractivity contribution is -0.133. The molecule has 1 saturated carbocycles. The summed E-state index contributed by atoms with van der Waals surface area (Å²) in [6.45, 7) is 5.14. The SMILES string of the molecule is O=C(CN1CCCC1)N1CCC(c2nnc(Cn3ccnc3)n2C2CC2)CC1. The summed E-state index contributed by atoms with van der Waals surface area (Å²) >= 11 is 0. The fourth-order valence-electron chi connectivity index (χ4n) is 4.62. The number of carbonyl (C=O) groups is 1. The molecule has 8 heteroatoms. The third kappa shape index (κ3) is 3.70. The third-order valence-corrected chi connectivity index (χ3v) is 6.36. The number of likely N-dealkylation sites (tertiary alicyclic amines) is 2. The summed E-state index contributed by atoms with van der Waals surface area (Å²) in [6, 6.07) is 0.554. The van der Waals surface area contributed by atoms with E-state index in [9.17, 15) is 4.79 Å². The van der Waals surface area contributed by atoms with Crippen molar-refractivity contribution in [1.82, 2.24) is 34.1 Å². The molecule has 4 heterocycles. The molecule has 2 saturated heterocycles. The van der Waals surface area contributed by atoms with Gasteiger partial charge < -0.3 is 14.0 Å². The fraction of sp³-hybridized carbons (Fsp3) is 0.700. The summed E-state index contributed by atoms with van der Waals surface area (Å²) < 4.78 is 4.43. The molecular weight excluding hydrogens is 354 g/mol. The molecule has 2 aromatic heterocycles. The van der Waals surface area contributed by atoms with Crippen molar-refractivity contribution in [2.75, 3.05) is 32.7 Å². The van der Waals surface area contributed by atoms with Crippen LogP contribution in [0.2, 0.25) is 0 Å². The van der Waals surface area contributed by atoms with E-state index in [4.69, 9.17) is 0 Å². The highest BCUT2D eigenvalue weighted by molar-refractivity contribution is 5.78. The highest BCUT2D eigenvalue weighted by atomic mass is 16.2. The Kier molecular flexibility index (Phi) is 4.88. The monoisotopic (exact) mass is 383 g/mol. The number of amides is 1. The van der Waals surface area contributed by atoms with Crippen molar-refractivity contribution in [3.05, 3.63) is 30.4 Å². The van der Waals surface area contributed by atoms with Crippen molar-refractivity contribution < 1.29 is 4.79 Å². The molecule has 0 aromatic carbocycles. The first-order chi connectivity index (χ1) is 13.8. The van der Waals surface area contributed by atoms with Gasteiger partial charge in [0.05, 0.1) is 19.4 Å². The molecule has 0 spiro atoms. The van der Waals surface area contributed by atoms with Crippen molar-refractivity contribution in [3.8, 4) is 0 Å². The molecule has 2 aromatic rings. The van der Waals surface area contributed by atoms with Crippen molar-refractivity contribution in [3.63, 3.8) is 0 Å². The van der Waals surface area contributed by atoms with Crippen molar-refractivity contribution in [2.45, 2.75) is 57.0 Å². The summed E-state index contributed by atoms with van der Waals surface area (Å²) in [7, 11) is 0. The topological polar surface area (TPSA) is 72.1 Å². The van der Waals surface area contributed by atoms with Crippen LogP contribution in [-0.2, 0) is 11.3 Å². The maximum absolute atomic E-state index is 12.6. The van der Waals surface area contributed by atoms with Crippen LogP contribution in [0.5, 0.6) is 0 Å². The first-order valence-electron chi connectivity index (χ1n) is 10.7. The molecule has 0 radical (unpaired) electrons. The molecule has 0 unspecified atom stereocenters. The lowest BCUT2D eigenvalue weighted by atomic mass is 9.95. The zero-order valence-electron chi connectivity index (χ0n) is 16.4. The van der Waals surface area contributed by atoms with Crippen molar-refractivity contribution >= 4 is 5.91 Å². The Morgan fingerprint density at radius 2 is 1.82 bits per heavy atom. The molecule has 0 bridgehead atoms. The molecule has 1 amide bonds. The normalized spacial score (nSPS) is 21.5. The van der Waals surface area contributed by atoms with Gasteiger partial charge in [-0.05, 0) is 51.6 Å². The van der Waals surface area contributed by atoms with Crippen LogP contribution in [0.4, 0.5) is 0 Å². The van der Waals surface area contributed by atoms with E-state index in [0.717, 1.165) is 57.2 Å². The Labute approximate surface area is 165 Å². The van der Waals surface area contributed by atoms with Crippen LogP contribution in [0.15, 0.2) is 18.7 Å². The van der Waals surface area contributed by atoms with Crippen molar-refractivity contribution in [2.24, 2.45) is 0 Å². The average molecular weight is 384 g/mol. The maximum Gasteiger partial charge on any atom is 0.236 e. The fourth-order valence-corrected chi connectivity index (χ4v) is 4.62. The predicted molar refractivity (Wildman–Crippen MR) is 104 cm³/mol. The van der Waals surface area contributed by atoms with E-state index in [-0.39, 0.29) is 0 Å². The molecule has 5 rings (SSSR count). The summed E-state index contributed by atoms with van der Waals surface area (Å²) in [5, 5.41) is 9.13. The van der Waals surface area contributed by atoms with Crippen LogP contribution in [0.1, 0.15) is 62.1 Å². The molecule has 3 aliphatic rings. The van der Waals surface area contributed by atoms with Crippen LogP contribution in [0, 0.1) is 0 Å². The summed E-state index contributed by atoms with van der Waals surface area (Å²) in [5.74, 6) is 2.86. The van der Waals surface area contributed by atoms with Crippen LogP contribution in [0.3, 0.4) is 0 Å². The van der Waals surface area contributed by atoms with E-state index < -0.39 is 0 Å². The Balaban J connectivity index is 1.23. The molecule has 3 fully saturated rings. The second kappa shape index (κ2) is 7.66. The van der Waals surface area contributed by atoms with E-state index in [1.165, 1.54) is 25.7 Å². The van der Waals surface area contributed by atoms with Gasteiger partial charge in [-0.15, -0.1) is 10.2 Å². The summed E-state index contributed by atoms with van der Waals surface area (Å²) in [5.41, 5.74) is 0. The van der Waals surface area contributed by atoms with Gasteiger partial charge in [-0.25, -0.2) is 4.98 Å². The maximum atomic E-state index is 12.6. The van der Waals surface area contributed by atoms with E-state index in [1.54, 1.807) is 6.20 Å². The number of imidazole rings is 1. The smallest absolute Gasteiger partial charge is 0.236 e. The Hall–Kier alpha value is -2.22. The third-order valence-electron chi connectivity index (χ3n) is 6.36. The van der Waals surface area contributed by atoms with Gasteiger partial charge in [-0.3, -0.25) is 9.69 Å². The van der Waals surface area contributed by atoms with Crippen LogP contribution in [-0.4, -0.2) is 72.7 Å². The Bertz CT molecular complexity index is 797. The average Bonchev–Trinajstić information content (AvgIpc) is 3.11. The van der Waals surface area contributed by atoms with Gasteiger partial charge in [-0.1, -0.05) is 0 Å². The molecule has 28 heavy (non-hydrogen) atoms. The number of piperidine rings is 1. The van der Waals surface area contributed by atoms with Crippen LogP contribution < -0.4 is 0 Å². The zero-order valence-corrected chi connectivity index (χ0v) is 16.4. The first kappa shape index (κ1) is 17.8. The van der Waals surface area contributed by atoms with Gasteiger partial charge in [0.2, 0.25) is 5.91 Å². The number of hydrogen-bond donors (Lipinski definition) is 0. The zero-order chi connectivity index (χ0) is 18.9. The minimum Gasteiger partial charge on any atom is -0.342 e. The van der Waals surface area contributed by atoms with Gasteiger partial charge >= 0.3 is 0 Å². The number of rotatable bonds is 6. The molecule has 0 N–H and O–H groups in total. The van der Waals surface area contributed by atoms with Crippen LogP contribution in [0.25, 0.3) is 0 Å². The van der Waals surface area contributed by atoms with Gasteiger partial charge in [0.15, 0.2) is 5.82 Å². The van der Waals surface area contributed by atoms with Gasteiger partial charge in [0.25, 0.3) is 0 Å². The predicted octanol–water partition coefficient (Wildman–Crippen LogP) is 1.66. The summed E-state index contributed by atoms with van der Waals surface area (Å²) in [6.07, 6.45) is 12.5. The quantitative estimate of drug-likeness (QED) is 0.759. The number of aromatic nitrogens is 5. The molecule has 8 nitrogen and oxygen atoms in total. The molecular formula is C20H29N7O. The molecule has 150 valence electrons. The minimum absolute atomic E-state index is 0.296. The van der Waals surface area contributed by atoms with E-state index >= 15 is 0 Å². The molecule has 1 aliphatic carbocycles. The minimum atomic E-state index is 0.296. The van der Waals surface area contributed by atoms with Gasteiger partial charge in [0.1, 0.15) is 5.82 Å². The highest BCUT2D eigenvalue weighted by Gasteiger charge is 2.34. The number of carbonyl (C=O) groups excluding carboxylic acids is 1. The van der Waals surface area contributed by atoms with Crippen LogP contribution >= 0.6 is 0 Å². The Morgan fingerprint density at radius 3 is 2.50 bits per heavy atom. The van der Waals surface area contributed by atoms with Gasteiger partial charge in [0, 0.05) is 37.4 Å². The number of hydrogen-bond acceptors (Lipinski definition) is 5. The molecule has 0 atom stereocenters. The summed E-state index contributed by atoms with van der Waals surface area (Å²) in [4.78, 5) is 21.1. The van der Waals surface area contributed by atoms with Gasteiger partial charge in [-0.2, -0.15) is 0 Å². The molecule has 2 aliphatic heterocycles. The second-order valence-electron chi connectivity index (χ2n) is 8.45. The lowest BCUT2D eigenvalue weighted by Crippen LogP contribution is -2.43. The standard InChI is InChI=1S/C20H29N7O/c28-19(14-24-8-1-2-9-24)26-10-5-16(6-11-26)20-23-22-18(27(20)17-3-4-17)13-25-12-7-21-15-25/h7,12,15-17H,1-6,8-11,13-14H2. The van der Waals surface area contributed by atoms with E-state index in [0.29, 0.717) is 24.4 Å². The lowest BCUT2D eigenvalue weighted by Gasteiger charge is -2.33. The Morgan fingerprint density at radius 1 is 1.04 bits per heavy atom. The second-order valence-corrected chi connectivity index (χ2v) is 8.45. The highest BCUT2D eigenvalue weighted by Crippen LogP contribution is 2.40. The van der Waals surface area contributed by atoms with E-state index in [2.05, 4.69) is 29.5 Å². The largest absolute Gasteiger partial charge is 0.342 e. The van der Waals surface area contributed by atoms with Crippen molar-refractivity contribution in [1.29, 1.82) is 0 Å². The van der Waals surface area contributed by atoms with E-state index in [1.807, 2.05) is 17.1 Å².